The van der Waals surface area contributed by atoms with Crippen molar-refractivity contribution in [2.24, 2.45) is 0 Å². The Kier molecular flexibility index (Phi) is 11.6. The minimum atomic E-state index is -4.24. The number of carbonyl (C=O) groups is 2. The molecule has 3 aromatic rings. The number of aryl methyl sites for hydroxylation is 1. The summed E-state index contributed by atoms with van der Waals surface area (Å²) in [4.78, 5) is 28.8. The standard InChI is InChI=1S/C31H38ClN3O5S/c1-5-19-33-31(37)27(6-2)34(21-24-12-10-11-23(4)20-24)30(36)22-35(28-13-8-9-14-29(28)40-7-3)41(38,39)26-17-15-25(32)16-18-26/h8-18,20,27H,5-7,19,21-22H2,1-4H3,(H,33,37)/t27-/m1/s1. The molecule has 0 fully saturated rings. The summed E-state index contributed by atoms with van der Waals surface area (Å²) < 4.78 is 34.9. The van der Waals surface area contributed by atoms with E-state index in [1.165, 1.54) is 29.2 Å². The SMILES string of the molecule is CCCNC(=O)[C@@H](CC)N(Cc1cccc(C)c1)C(=O)CN(c1ccccc1OCC)S(=O)(=O)c1ccc(Cl)cc1. The first-order valence-electron chi connectivity index (χ1n) is 13.7. The first-order chi connectivity index (χ1) is 19.6. The normalized spacial score (nSPS) is 11.9. The van der Waals surface area contributed by atoms with Gasteiger partial charge < -0.3 is 15.0 Å². The molecular weight excluding hydrogens is 562 g/mol. The zero-order chi connectivity index (χ0) is 30.0. The van der Waals surface area contributed by atoms with Crippen LogP contribution in [0.25, 0.3) is 0 Å². The number of sulfonamides is 1. The van der Waals surface area contributed by atoms with Gasteiger partial charge in [0, 0.05) is 18.1 Å². The molecule has 10 heteroatoms. The first-order valence-corrected chi connectivity index (χ1v) is 15.6. The Labute approximate surface area is 248 Å². The number of anilines is 1. The largest absolute Gasteiger partial charge is 0.492 e. The number of hydrogen-bond donors (Lipinski definition) is 1. The molecule has 1 atom stereocenters. The minimum Gasteiger partial charge on any atom is -0.492 e. The minimum absolute atomic E-state index is 0.0287. The van der Waals surface area contributed by atoms with E-state index in [1.54, 1.807) is 31.2 Å². The lowest BCUT2D eigenvalue weighted by Crippen LogP contribution is -2.52. The van der Waals surface area contributed by atoms with Crippen molar-refractivity contribution in [3.05, 3.63) is 88.9 Å². The lowest BCUT2D eigenvalue weighted by Gasteiger charge is -2.33. The summed E-state index contributed by atoms with van der Waals surface area (Å²) >= 11 is 6.03. The maximum Gasteiger partial charge on any atom is 0.264 e. The molecule has 0 spiro atoms. The molecule has 0 unspecified atom stereocenters. The molecular formula is C31H38ClN3O5S. The van der Waals surface area contributed by atoms with Crippen LogP contribution in [0.1, 0.15) is 44.7 Å². The second-order valence-corrected chi connectivity index (χ2v) is 11.9. The molecule has 0 bridgehead atoms. The third kappa shape index (κ3) is 8.24. The molecule has 0 aliphatic carbocycles. The highest BCUT2D eigenvalue weighted by Gasteiger charge is 2.34. The molecule has 0 aromatic heterocycles. The van der Waals surface area contributed by atoms with Crippen LogP contribution in [-0.4, -0.2) is 50.9 Å². The number of carbonyl (C=O) groups excluding carboxylic acids is 2. The van der Waals surface area contributed by atoms with Crippen molar-refractivity contribution in [3.8, 4) is 5.75 Å². The number of nitrogens with one attached hydrogen (secondary N) is 1. The number of para-hydroxylation sites is 2. The van der Waals surface area contributed by atoms with Crippen LogP contribution >= 0.6 is 11.6 Å². The van der Waals surface area contributed by atoms with E-state index in [9.17, 15) is 18.0 Å². The third-order valence-corrected chi connectivity index (χ3v) is 8.51. The number of ether oxygens (including phenoxy) is 1. The lowest BCUT2D eigenvalue weighted by atomic mass is 10.1. The highest BCUT2D eigenvalue weighted by Crippen LogP contribution is 2.33. The predicted octanol–water partition coefficient (Wildman–Crippen LogP) is 5.58. The Morgan fingerprint density at radius 1 is 0.976 bits per heavy atom. The molecule has 3 rings (SSSR count). The highest BCUT2D eigenvalue weighted by atomic mass is 35.5. The molecule has 41 heavy (non-hydrogen) atoms. The second-order valence-electron chi connectivity index (χ2n) is 9.59. The summed E-state index contributed by atoms with van der Waals surface area (Å²) in [6.45, 7) is 7.90. The van der Waals surface area contributed by atoms with Crippen molar-refractivity contribution in [3.63, 3.8) is 0 Å². The average molecular weight is 600 g/mol. The number of hydrogen-bond acceptors (Lipinski definition) is 5. The summed E-state index contributed by atoms with van der Waals surface area (Å²) in [5, 5.41) is 3.27. The van der Waals surface area contributed by atoms with Crippen LogP contribution < -0.4 is 14.4 Å². The molecule has 1 N–H and O–H groups in total. The number of benzene rings is 3. The number of halogens is 1. The quantitative estimate of drug-likeness (QED) is 0.261. The fourth-order valence-corrected chi connectivity index (χ4v) is 6.03. The number of amides is 2. The van der Waals surface area contributed by atoms with E-state index < -0.39 is 28.5 Å². The van der Waals surface area contributed by atoms with Crippen molar-refractivity contribution in [1.82, 2.24) is 10.2 Å². The fourth-order valence-electron chi connectivity index (χ4n) is 4.48. The van der Waals surface area contributed by atoms with E-state index >= 15 is 0 Å². The van der Waals surface area contributed by atoms with Crippen molar-refractivity contribution in [2.45, 2.75) is 58.0 Å². The van der Waals surface area contributed by atoms with E-state index in [2.05, 4.69) is 5.32 Å². The van der Waals surface area contributed by atoms with Crippen LogP contribution in [-0.2, 0) is 26.2 Å². The van der Waals surface area contributed by atoms with E-state index in [4.69, 9.17) is 16.3 Å². The number of rotatable bonds is 14. The van der Waals surface area contributed by atoms with Crippen LogP contribution in [0.4, 0.5) is 5.69 Å². The van der Waals surface area contributed by atoms with Crippen LogP contribution in [0.3, 0.4) is 0 Å². The van der Waals surface area contributed by atoms with Gasteiger partial charge in [-0.25, -0.2) is 8.42 Å². The van der Waals surface area contributed by atoms with Gasteiger partial charge in [-0.05, 0) is 68.7 Å². The highest BCUT2D eigenvalue weighted by molar-refractivity contribution is 7.92. The monoisotopic (exact) mass is 599 g/mol. The Morgan fingerprint density at radius 3 is 2.32 bits per heavy atom. The van der Waals surface area contributed by atoms with Gasteiger partial charge in [-0.3, -0.25) is 13.9 Å². The Bertz CT molecular complexity index is 1430. The maximum atomic E-state index is 14.2. The predicted molar refractivity (Wildman–Crippen MR) is 163 cm³/mol. The Morgan fingerprint density at radius 2 is 1.68 bits per heavy atom. The summed E-state index contributed by atoms with van der Waals surface area (Å²) in [5.74, 6) is -0.482. The van der Waals surface area contributed by atoms with Gasteiger partial charge in [0.2, 0.25) is 11.8 Å². The molecule has 0 aliphatic heterocycles. The summed E-state index contributed by atoms with van der Waals surface area (Å²) in [6, 6.07) is 19.3. The first kappa shape index (κ1) is 32.0. The molecule has 0 heterocycles. The zero-order valence-electron chi connectivity index (χ0n) is 24.0. The molecule has 3 aromatic carbocycles. The topological polar surface area (TPSA) is 96.0 Å². The van der Waals surface area contributed by atoms with Gasteiger partial charge in [-0.2, -0.15) is 0 Å². The Hall–Kier alpha value is -3.56. The zero-order valence-corrected chi connectivity index (χ0v) is 25.5. The third-order valence-electron chi connectivity index (χ3n) is 6.48. The van der Waals surface area contributed by atoms with Gasteiger partial charge in [0.1, 0.15) is 18.3 Å². The van der Waals surface area contributed by atoms with E-state index in [-0.39, 0.29) is 23.0 Å². The summed E-state index contributed by atoms with van der Waals surface area (Å²) in [7, 11) is -4.24. The molecule has 0 radical (unpaired) electrons. The van der Waals surface area contributed by atoms with E-state index in [0.717, 1.165) is 21.9 Å². The van der Waals surface area contributed by atoms with E-state index in [1.807, 2.05) is 45.0 Å². The van der Waals surface area contributed by atoms with Gasteiger partial charge in [0.25, 0.3) is 10.0 Å². The van der Waals surface area contributed by atoms with Gasteiger partial charge in [-0.1, -0.05) is 67.4 Å². The van der Waals surface area contributed by atoms with Crippen LogP contribution in [0.5, 0.6) is 5.75 Å². The maximum absolute atomic E-state index is 14.2. The molecule has 2 amide bonds. The fraction of sp³-hybridized carbons (Fsp3) is 0.355. The van der Waals surface area contributed by atoms with Gasteiger partial charge in [-0.15, -0.1) is 0 Å². The van der Waals surface area contributed by atoms with Crippen molar-refractivity contribution < 1.29 is 22.7 Å². The second kappa shape index (κ2) is 14.9. The van der Waals surface area contributed by atoms with E-state index in [0.29, 0.717) is 30.3 Å². The molecule has 8 nitrogen and oxygen atoms in total. The van der Waals surface area contributed by atoms with Crippen LogP contribution in [0, 0.1) is 6.92 Å². The molecule has 0 saturated carbocycles. The van der Waals surface area contributed by atoms with Crippen molar-refractivity contribution in [1.29, 1.82) is 0 Å². The lowest BCUT2D eigenvalue weighted by molar-refractivity contribution is -0.140. The molecule has 220 valence electrons. The van der Waals surface area contributed by atoms with Gasteiger partial charge in [0.05, 0.1) is 17.2 Å². The molecule has 0 saturated heterocycles. The van der Waals surface area contributed by atoms with Crippen molar-refractivity contribution >= 4 is 39.1 Å². The molecule has 0 aliphatic rings. The van der Waals surface area contributed by atoms with Gasteiger partial charge in [0.15, 0.2) is 0 Å². The number of nitrogens with zero attached hydrogens (tertiary/aromatic N) is 2. The van der Waals surface area contributed by atoms with Crippen molar-refractivity contribution in [2.75, 3.05) is 24.0 Å². The smallest absolute Gasteiger partial charge is 0.264 e. The van der Waals surface area contributed by atoms with Crippen LogP contribution in [0.2, 0.25) is 5.02 Å². The average Bonchev–Trinajstić information content (AvgIpc) is 2.95. The van der Waals surface area contributed by atoms with Crippen LogP contribution in [0.15, 0.2) is 77.7 Å². The Balaban J connectivity index is 2.10. The summed E-state index contributed by atoms with van der Waals surface area (Å²) in [5.41, 5.74) is 2.06. The van der Waals surface area contributed by atoms with Gasteiger partial charge >= 0.3 is 0 Å². The summed E-state index contributed by atoms with van der Waals surface area (Å²) in [6.07, 6.45) is 1.10.